The molecule has 0 atom stereocenters. The third-order valence-corrected chi connectivity index (χ3v) is 2.73. The van der Waals surface area contributed by atoms with Crippen molar-refractivity contribution in [3.8, 4) is 0 Å². The van der Waals surface area contributed by atoms with Crippen LogP contribution in [0.25, 0.3) is 0 Å². The number of anilines is 1. The molecule has 3 heteroatoms. The molecule has 0 aromatic heterocycles. The highest BCUT2D eigenvalue weighted by molar-refractivity contribution is 6.30. The lowest BCUT2D eigenvalue weighted by Gasteiger charge is -2.08. The third kappa shape index (κ3) is 3.21. The van der Waals surface area contributed by atoms with Crippen molar-refractivity contribution < 1.29 is 4.39 Å². The van der Waals surface area contributed by atoms with Gasteiger partial charge < -0.3 is 5.32 Å². The molecule has 0 aliphatic carbocycles. The number of hydrogen-bond donors (Lipinski definition) is 1. The van der Waals surface area contributed by atoms with Crippen LogP contribution in [-0.4, -0.2) is 0 Å². The highest BCUT2D eigenvalue weighted by Crippen LogP contribution is 2.17. The van der Waals surface area contributed by atoms with Crippen LogP contribution in [0.2, 0.25) is 5.02 Å². The Labute approximate surface area is 105 Å². The van der Waals surface area contributed by atoms with Crippen LogP contribution in [0.4, 0.5) is 10.1 Å². The second-order valence-electron chi connectivity index (χ2n) is 3.97. The summed E-state index contributed by atoms with van der Waals surface area (Å²) in [5.74, 6) is -0.230. The molecule has 1 nitrogen and oxygen atoms in total. The Hall–Kier alpha value is -1.54. The smallest absolute Gasteiger partial charge is 0.146 e. The molecule has 0 fully saturated rings. The van der Waals surface area contributed by atoms with Gasteiger partial charge in [-0.1, -0.05) is 29.8 Å². The Morgan fingerprint density at radius 1 is 1.18 bits per heavy atom. The average molecular weight is 250 g/mol. The Kier molecular flexibility index (Phi) is 3.64. The van der Waals surface area contributed by atoms with Gasteiger partial charge in [0.25, 0.3) is 0 Å². The molecule has 1 N–H and O–H groups in total. The maximum Gasteiger partial charge on any atom is 0.146 e. The summed E-state index contributed by atoms with van der Waals surface area (Å²) in [6, 6.07) is 12.6. The van der Waals surface area contributed by atoms with E-state index in [1.165, 1.54) is 6.07 Å². The number of hydrogen-bond acceptors (Lipinski definition) is 1. The maximum atomic E-state index is 13.5. The highest BCUT2D eigenvalue weighted by Gasteiger charge is 2.01. The number of rotatable bonds is 3. The first-order chi connectivity index (χ1) is 8.15. The molecule has 88 valence electrons. The summed E-state index contributed by atoms with van der Waals surface area (Å²) in [6.07, 6.45) is 0. The lowest BCUT2D eigenvalue weighted by molar-refractivity contribution is 0.629. The van der Waals surface area contributed by atoms with Gasteiger partial charge in [-0.05, 0) is 42.3 Å². The number of nitrogens with one attached hydrogen (secondary N) is 1. The van der Waals surface area contributed by atoms with Crippen LogP contribution >= 0.6 is 11.6 Å². The van der Waals surface area contributed by atoms with Crippen molar-refractivity contribution in [1.29, 1.82) is 0 Å². The zero-order valence-electron chi connectivity index (χ0n) is 9.50. The van der Waals surface area contributed by atoms with E-state index in [9.17, 15) is 4.39 Å². The predicted octanol–water partition coefficient (Wildman–Crippen LogP) is 4.40. The van der Waals surface area contributed by atoms with Gasteiger partial charge in [0.1, 0.15) is 5.82 Å². The predicted molar refractivity (Wildman–Crippen MR) is 69.9 cm³/mol. The second-order valence-corrected chi connectivity index (χ2v) is 4.40. The Morgan fingerprint density at radius 3 is 2.71 bits per heavy atom. The minimum Gasteiger partial charge on any atom is -0.379 e. The van der Waals surface area contributed by atoms with Gasteiger partial charge in [0.15, 0.2) is 0 Å². The van der Waals surface area contributed by atoms with Crippen LogP contribution < -0.4 is 5.32 Å². The van der Waals surface area contributed by atoms with Gasteiger partial charge in [-0.2, -0.15) is 0 Å². The standard InChI is InChI=1S/C14H13ClFN/c1-10-5-6-14(13(16)7-10)17-9-11-3-2-4-12(15)8-11/h2-8,17H,9H2,1H3. The first-order valence-corrected chi connectivity index (χ1v) is 5.77. The van der Waals surface area contributed by atoms with E-state index in [1.807, 2.05) is 37.3 Å². The van der Waals surface area contributed by atoms with E-state index in [4.69, 9.17) is 11.6 Å². The molecule has 0 amide bonds. The zero-order valence-corrected chi connectivity index (χ0v) is 10.3. The maximum absolute atomic E-state index is 13.5. The van der Waals surface area contributed by atoms with E-state index in [0.29, 0.717) is 17.3 Å². The molecule has 0 saturated heterocycles. The molecule has 2 aromatic rings. The van der Waals surface area contributed by atoms with Crippen molar-refractivity contribution in [3.63, 3.8) is 0 Å². The summed E-state index contributed by atoms with van der Waals surface area (Å²) in [5.41, 5.74) is 2.45. The van der Waals surface area contributed by atoms with Crippen LogP contribution in [-0.2, 0) is 6.54 Å². The first-order valence-electron chi connectivity index (χ1n) is 5.39. The quantitative estimate of drug-likeness (QED) is 0.850. The van der Waals surface area contributed by atoms with Crippen molar-refractivity contribution in [2.75, 3.05) is 5.32 Å². The Morgan fingerprint density at radius 2 is 2.00 bits per heavy atom. The summed E-state index contributed by atoms with van der Waals surface area (Å²) >= 11 is 5.88. The molecule has 0 bridgehead atoms. The highest BCUT2D eigenvalue weighted by atomic mass is 35.5. The van der Waals surface area contributed by atoms with Crippen LogP contribution in [0.3, 0.4) is 0 Å². The second kappa shape index (κ2) is 5.19. The molecule has 0 saturated carbocycles. The fourth-order valence-corrected chi connectivity index (χ4v) is 1.82. The molecular formula is C14H13ClFN. The molecule has 0 aliphatic rings. The van der Waals surface area contributed by atoms with E-state index >= 15 is 0 Å². The van der Waals surface area contributed by atoms with Gasteiger partial charge in [0.05, 0.1) is 5.69 Å². The van der Waals surface area contributed by atoms with Crippen molar-refractivity contribution in [2.24, 2.45) is 0 Å². The fourth-order valence-electron chi connectivity index (χ4n) is 1.61. The summed E-state index contributed by atoms with van der Waals surface area (Å²) in [7, 11) is 0. The van der Waals surface area contributed by atoms with E-state index in [2.05, 4.69) is 5.32 Å². The summed E-state index contributed by atoms with van der Waals surface area (Å²) in [6.45, 7) is 2.42. The molecule has 0 heterocycles. The SMILES string of the molecule is Cc1ccc(NCc2cccc(Cl)c2)c(F)c1. The number of halogens is 2. The molecule has 2 aromatic carbocycles. The van der Waals surface area contributed by atoms with Crippen molar-refractivity contribution in [1.82, 2.24) is 0 Å². The van der Waals surface area contributed by atoms with Gasteiger partial charge in [0.2, 0.25) is 0 Å². The van der Waals surface area contributed by atoms with Crippen LogP contribution in [0.15, 0.2) is 42.5 Å². The average Bonchev–Trinajstić information content (AvgIpc) is 2.28. The minimum atomic E-state index is -0.230. The fraction of sp³-hybridized carbons (Fsp3) is 0.143. The normalized spacial score (nSPS) is 10.3. The molecule has 0 spiro atoms. The van der Waals surface area contributed by atoms with Crippen molar-refractivity contribution in [3.05, 3.63) is 64.4 Å². The van der Waals surface area contributed by atoms with E-state index < -0.39 is 0 Å². The Balaban J connectivity index is 2.07. The minimum absolute atomic E-state index is 0.230. The number of aryl methyl sites for hydroxylation is 1. The zero-order chi connectivity index (χ0) is 12.3. The van der Waals surface area contributed by atoms with Gasteiger partial charge in [-0.15, -0.1) is 0 Å². The van der Waals surface area contributed by atoms with Gasteiger partial charge in [-0.3, -0.25) is 0 Å². The molecule has 17 heavy (non-hydrogen) atoms. The van der Waals surface area contributed by atoms with Crippen LogP contribution in [0.1, 0.15) is 11.1 Å². The topological polar surface area (TPSA) is 12.0 Å². The third-order valence-electron chi connectivity index (χ3n) is 2.50. The molecule has 0 unspecified atom stereocenters. The molecule has 0 radical (unpaired) electrons. The van der Waals surface area contributed by atoms with Gasteiger partial charge in [0, 0.05) is 11.6 Å². The molecule has 2 rings (SSSR count). The monoisotopic (exact) mass is 249 g/mol. The molecular weight excluding hydrogens is 237 g/mol. The van der Waals surface area contributed by atoms with E-state index in [0.717, 1.165) is 11.1 Å². The lowest BCUT2D eigenvalue weighted by Crippen LogP contribution is -2.01. The molecule has 0 aliphatic heterocycles. The van der Waals surface area contributed by atoms with Gasteiger partial charge >= 0.3 is 0 Å². The lowest BCUT2D eigenvalue weighted by atomic mass is 10.2. The van der Waals surface area contributed by atoms with Crippen molar-refractivity contribution in [2.45, 2.75) is 13.5 Å². The number of benzene rings is 2. The van der Waals surface area contributed by atoms with E-state index in [1.54, 1.807) is 6.07 Å². The van der Waals surface area contributed by atoms with Crippen molar-refractivity contribution >= 4 is 17.3 Å². The van der Waals surface area contributed by atoms with Crippen LogP contribution in [0, 0.1) is 12.7 Å². The summed E-state index contributed by atoms with van der Waals surface area (Å²) in [5, 5.41) is 3.74. The summed E-state index contributed by atoms with van der Waals surface area (Å²) in [4.78, 5) is 0. The van der Waals surface area contributed by atoms with Gasteiger partial charge in [-0.25, -0.2) is 4.39 Å². The first kappa shape index (κ1) is 11.9. The Bertz CT molecular complexity index is 525. The van der Waals surface area contributed by atoms with Crippen LogP contribution in [0.5, 0.6) is 0 Å². The summed E-state index contributed by atoms with van der Waals surface area (Å²) < 4.78 is 13.5. The van der Waals surface area contributed by atoms with E-state index in [-0.39, 0.29) is 5.82 Å². The largest absolute Gasteiger partial charge is 0.379 e.